The number of nitrogens with one attached hydrogen (secondary N) is 1. The highest BCUT2D eigenvalue weighted by molar-refractivity contribution is 8.18. The zero-order valence-corrected chi connectivity index (χ0v) is 18.7. The van der Waals surface area contributed by atoms with Crippen LogP contribution in [0.4, 0.5) is 4.39 Å². The summed E-state index contributed by atoms with van der Waals surface area (Å²) in [5.74, 6) is 0.292. The molecule has 1 aliphatic heterocycles. The molecule has 1 N–H and O–H groups in total. The minimum atomic E-state index is -0.265. The molecule has 0 radical (unpaired) electrons. The van der Waals surface area contributed by atoms with E-state index >= 15 is 0 Å². The average molecular weight is 447 g/mol. The van der Waals surface area contributed by atoms with Gasteiger partial charge in [0.25, 0.3) is 5.91 Å². The van der Waals surface area contributed by atoms with E-state index < -0.39 is 0 Å². The van der Waals surface area contributed by atoms with E-state index in [0.29, 0.717) is 29.0 Å². The number of ether oxygens (including phenoxy) is 1. The molecular weight excluding hydrogens is 423 g/mol. The van der Waals surface area contributed by atoms with E-state index in [9.17, 15) is 9.18 Å². The normalized spacial score (nSPS) is 15.9. The maximum Gasteiger partial charge on any atom is 0.264 e. The van der Waals surface area contributed by atoms with Gasteiger partial charge in [-0.25, -0.2) is 4.39 Å². The fourth-order valence-electron chi connectivity index (χ4n) is 3.38. The van der Waals surface area contributed by atoms with Crippen LogP contribution in [-0.2, 0) is 17.9 Å². The van der Waals surface area contributed by atoms with Crippen molar-refractivity contribution in [3.63, 3.8) is 0 Å². The second-order valence-corrected chi connectivity index (χ2v) is 8.70. The van der Waals surface area contributed by atoms with Crippen LogP contribution in [0.15, 0.2) is 76.6 Å². The summed E-state index contributed by atoms with van der Waals surface area (Å²) >= 11 is 1.34. The minimum absolute atomic E-state index is 0.147. The predicted octanol–water partition coefficient (Wildman–Crippen LogP) is 5.78. The van der Waals surface area contributed by atoms with Crippen LogP contribution in [0.5, 0.6) is 5.75 Å². The lowest BCUT2D eigenvalue weighted by Crippen LogP contribution is -2.19. The number of aryl methyl sites for hydroxylation is 2. The van der Waals surface area contributed by atoms with E-state index in [1.54, 1.807) is 12.1 Å². The average Bonchev–Trinajstić information content (AvgIpc) is 3.11. The van der Waals surface area contributed by atoms with Crippen molar-refractivity contribution in [3.05, 3.63) is 105 Å². The van der Waals surface area contributed by atoms with Crippen molar-refractivity contribution >= 4 is 28.9 Å². The standard InChI is InChI=1S/C26H23FN2O2S/c1-17-11-18(2)13-21(12-17)15-28-26-29-25(30)24(32-26)14-19-5-9-23(10-6-19)31-16-20-3-7-22(27)8-4-20/h3-14H,15-16H2,1-2H3,(H,28,29,30)/b24-14-. The molecule has 3 aromatic rings. The number of aliphatic imine (C=N–C) groups is 1. The number of amides is 1. The van der Waals surface area contributed by atoms with Gasteiger partial charge in [0, 0.05) is 0 Å². The second-order valence-electron chi connectivity index (χ2n) is 7.67. The quantitative estimate of drug-likeness (QED) is 0.488. The van der Waals surface area contributed by atoms with Gasteiger partial charge in [-0.3, -0.25) is 9.79 Å². The van der Waals surface area contributed by atoms with Gasteiger partial charge in [0.2, 0.25) is 0 Å². The van der Waals surface area contributed by atoms with E-state index in [1.165, 1.54) is 35.0 Å². The van der Waals surface area contributed by atoms with Gasteiger partial charge in [-0.15, -0.1) is 0 Å². The number of carbonyl (C=O) groups excluding carboxylic acids is 1. The largest absolute Gasteiger partial charge is 0.489 e. The fourth-order valence-corrected chi connectivity index (χ4v) is 4.20. The highest BCUT2D eigenvalue weighted by Gasteiger charge is 2.23. The Bertz CT molecular complexity index is 1170. The molecule has 0 atom stereocenters. The van der Waals surface area contributed by atoms with Gasteiger partial charge in [-0.2, -0.15) is 0 Å². The summed E-state index contributed by atoms with van der Waals surface area (Å²) in [6.45, 7) is 5.02. The van der Waals surface area contributed by atoms with E-state index in [-0.39, 0.29) is 11.7 Å². The van der Waals surface area contributed by atoms with Gasteiger partial charge in [0.1, 0.15) is 18.2 Å². The number of benzene rings is 3. The summed E-state index contributed by atoms with van der Waals surface area (Å²) < 4.78 is 18.7. The molecule has 1 amide bonds. The Hall–Kier alpha value is -3.38. The topological polar surface area (TPSA) is 50.7 Å². The van der Waals surface area contributed by atoms with E-state index in [1.807, 2.05) is 30.3 Å². The molecule has 6 heteroatoms. The third kappa shape index (κ3) is 5.86. The Labute approximate surface area is 191 Å². The van der Waals surface area contributed by atoms with Crippen LogP contribution in [0.2, 0.25) is 0 Å². The van der Waals surface area contributed by atoms with Gasteiger partial charge in [0.15, 0.2) is 5.17 Å². The zero-order chi connectivity index (χ0) is 22.5. The van der Waals surface area contributed by atoms with Crippen molar-refractivity contribution < 1.29 is 13.9 Å². The number of amidine groups is 1. The van der Waals surface area contributed by atoms with Gasteiger partial charge in [-0.1, -0.05) is 53.6 Å². The van der Waals surface area contributed by atoms with Crippen molar-refractivity contribution in [2.24, 2.45) is 4.99 Å². The smallest absolute Gasteiger partial charge is 0.264 e. The lowest BCUT2D eigenvalue weighted by Gasteiger charge is -2.06. The predicted molar refractivity (Wildman–Crippen MR) is 128 cm³/mol. The van der Waals surface area contributed by atoms with Crippen LogP contribution >= 0.6 is 11.8 Å². The number of rotatable bonds is 6. The van der Waals surface area contributed by atoms with Crippen LogP contribution in [0, 0.1) is 19.7 Å². The summed E-state index contributed by atoms with van der Waals surface area (Å²) in [6.07, 6.45) is 1.84. The van der Waals surface area contributed by atoms with Crippen LogP contribution < -0.4 is 10.1 Å². The molecule has 1 aliphatic rings. The number of halogens is 1. The van der Waals surface area contributed by atoms with E-state index in [4.69, 9.17) is 4.74 Å². The Kier molecular flexibility index (Phi) is 6.71. The van der Waals surface area contributed by atoms with Crippen LogP contribution in [0.3, 0.4) is 0 Å². The molecule has 0 unspecified atom stereocenters. The molecule has 4 nitrogen and oxygen atoms in total. The molecule has 0 aliphatic carbocycles. The highest BCUT2D eigenvalue weighted by Crippen LogP contribution is 2.27. The van der Waals surface area contributed by atoms with Gasteiger partial charge < -0.3 is 10.1 Å². The first-order chi connectivity index (χ1) is 15.4. The Morgan fingerprint density at radius 1 is 0.969 bits per heavy atom. The summed E-state index contributed by atoms with van der Waals surface area (Å²) in [6, 6.07) is 20.1. The second kappa shape index (κ2) is 9.83. The number of nitrogens with zero attached hydrogens (tertiary/aromatic N) is 1. The van der Waals surface area contributed by atoms with Crippen molar-refractivity contribution in [1.82, 2.24) is 5.32 Å². The monoisotopic (exact) mass is 446 g/mol. The van der Waals surface area contributed by atoms with Gasteiger partial charge >= 0.3 is 0 Å². The van der Waals surface area contributed by atoms with Gasteiger partial charge in [-0.05, 0) is 72.6 Å². The van der Waals surface area contributed by atoms with Gasteiger partial charge in [0.05, 0.1) is 11.4 Å². The van der Waals surface area contributed by atoms with Crippen molar-refractivity contribution in [3.8, 4) is 5.75 Å². The van der Waals surface area contributed by atoms with Crippen LogP contribution in [0.25, 0.3) is 6.08 Å². The number of hydrogen-bond donors (Lipinski definition) is 1. The number of thioether (sulfide) groups is 1. The van der Waals surface area contributed by atoms with Crippen molar-refractivity contribution in [2.45, 2.75) is 27.0 Å². The molecule has 0 spiro atoms. The molecule has 3 aromatic carbocycles. The Balaban J connectivity index is 1.36. The van der Waals surface area contributed by atoms with Crippen molar-refractivity contribution in [2.75, 3.05) is 0 Å². The molecule has 4 rings (SSSR count). The number of carbonyl (C=O) groups is 1. The van der Waals surface area contributed by atoms with Crippen molar-refractivity contribution in [1.29, 1.82) is 0 Å². The molecule has 0 aromatic heterocycles. The molecule has 0 saturated carbocycles. The summed E-state index contributed by atoms with van der Waals surface area (Å²) in [4.78, 5) is 17.5. The molecule has 32 heavy (non-hydrogen) atoms. The first kappa shape index (κ1) is 21.8. The SMILES string of the molecule is Cc1cc(C)cc(CN=C2NC(=O)/C(=C/c3ccc(OCc4ccc(F)cc4)cc3)S2)c1. The van der Waals surface area contributed by atoms with Crippen LogP contribution in [-0.4, -0.2) is 11.1 Å². The number of hydrogen-bond acceptors (Lipinski definition) is 4. The molecule has 1 fully saturated rings. The highest BCUT2D eigenvalue weighted by atomic mass is 32.2. The lowest BCUT2D eigenvalue weighted by molar-refractivity contribution is -0.115. The fraction of sp³-hybridized carbons (Fsp3) is 0.154. The van der Waals surface area contributed by atoms with E-state index in [2.05, 4.69) is 42.4 Å². The summed E-state index contributed by atoms with van der Waals surface area (Å²) in [7, 11) is 0. The first-order valence-corrected chi connectivity index (χ1v) is 11.1. The molecule has 1 saturated heterocycles. The molecule has 1 heterocycles. The third-order valence-corrected chi connectivity index (χ3v) is 5.78. The minimum Gasteiger partial charge on any atom is -0.489 e. The van der Waals surface area contributed by atoms with E-state index in [0.717, 1.165) is 16.7 Å². The first-order valence-electron chi connectivity index (χ1n) is 10.2. The molecular formula is C26H23FN2O2S. The Morgan fingerprint density at radius 3 is 2.34 bits per heavy atom. The Morgan fingerprint density at radius 2 is 1.66 bits per heavy atom. The molecule has 162 valence electrons. The van der Waals surface area contributed by atoms with Crippen LogP contribution in [0.1, 0.15) is 27.8 Å². The lowest BCUT2D eigenvalue weighted by atomic mass is 10.1. The zero-order valence-electron chi connectivity index (χ0n) is 17.9. The maximum atomic E-state index is 13.0. The summed E-state index contributed by atoms with van der Waals surface area (Å²) in [5.41, 5.74) is 5.32. The summed E-state index contributed by atoms with van der Waals surface area (Å²) in [5, 5.41) is 3.44. The third-order valence-electron chi connectivity index (χ3n) is 4.83. The maximum absolute atomic E-state index is 13.0. The molecule has 0 bridgehead atoms.